The summed E-state index contributed by atoms with van der Waals surface area (Å²) in [5, 5.41) is 4.48. The second kappa shape index (κ2) is 4.88. The quantitative estimate of drug-likeness (QED) is 0.795. The topological polar surface area (TPSA) is 36.3 Å². The summed E-state index contributed by atoms with van der Waals surface area (Å²) < 4.78 is 14.2. The van der Waals surface area contributed by atoms with Crippen LogP contribution in [0.2, 0.25) is 0 Å². The Morgan fingerprint density at radius 2 is 1.80 bits per heavy atom. The number of hydrogen-bond acceptors (Lipinski definition) is 3. The molecule has 2 aliphatic rings. The van der Waals surface area contributed by atoms with Crippen molar-refractivity contribution in [2.75, 3.05) is 0 Å². The Morgan fingerprint density at radius 3 is 2.40 bits per heavy atom. The van der Waals surface area contributed by atoms with Crippen molar-refractivity contribution in [1.29, 1.82) is 0 Å². The maximum atomic E-state index is 6.06. The van der Waals surface area contributed by atoms with Gasteiger partial charge in [-0.15, -0.1) is 0 Å². The second-order valence-electron chi connectivity index (χ2n) is 7.23. The van der Waals surface area contributed by atoms with E-state index in [2.05, 4.69) is 43.7 Å². The fraction of sp³-hybridized carbons (Fsp3) is 0.800. The molecule has 1 saturated heterocycles. The molecule has 2 fully saturated rings. The summed E-state index contributed by atoms with van der Waals surface area (Å²) in [6.45, 7) is 9.34. The number of rotatable bonds is 3. The van der Waals surface area contributed by atoms with Crippen molar-refractivity contribution in [1.82, 2.24) is 9.78 Å². The minimum absolute atomic E-state index is 0.286. The van der Waals surface area contributed by atoms with E-state index in [1.165, 1.54) is 25.7 Å². The second-order valence-corrected chi connectivity index (χ2v) is 7.23. The highest BCUT2D eigenvalue weighted by molar-refractivity contribution is 6.61. The van der Waals surface area contributed by atoms with Gasteiger partial charge in [-0.3, -0.25) is 4.68 Å². The number of nitrogens with zero attached hydrogens (tertiary/aromatic N) is 2. The maximum absolute atomic E-state index is 6.06. The summed E-state index contributed by atoms with van der Waals surface area (Å²) in [5.74, 6) is 0.793. The highest BCUT2D eigenvalue weighted by Gasteiger charge is 2.52. The van der Waals surface area contributed by atoms with Gasteiger partial charge in [0.25, 0.3) is 0 Å². The summed E-state index contributed by atoms with van der Waals surface area (Å²) in [6, 6.07) is 0. The van der Waals surface area contributed by atoms with Crippen molar-refractivity contribution in [2.24, 2.45) is 5.92 Å². The molecule has 1 aromatic heterocycles. The van der Waals surface area contributed by atoms with Crippen LogP contribution in [0.15, 0.2) is 12.4 Å². The van der Waals surface area contributed by atoms with E-state index < -0.39 is 0 Å². The first-order valence-electron chi connectivity index (χ1n) is 7.75. The minimum atomic E-state index is -0.294. The van der Waals surface area contributed by atoms with Gasteiger partial charge in [0.15, 0.2) is 0 Å². The summed E-state index contributed by atoms with van der Waals surface area (Å²) >= 11 is 0. The fourth-order valence-corrected chi connectivity index (χ4v) is 3.04. The average Bonchev–Trinajstić information content (AvgIpc) is 3.02. The summed E-state index contributed by atoms with van der Waals surface area (Å²) in [5.41, 5.74) is 0.456. The molecule has 0 unspecified atom stereocenters. The van der Waals surface area contributed by atoms with E-state index in [1.54, 1.807) is 0 Å². The van der Waals surface area contributed by atoms with Crippen LogP contribution in [-0.2, 0) is 15.9 Å². The Bertz CT molecular complexity index is 462. The van der Waals surface area contributed by atoms with E-state index in [9.17, 15) is 0 Å². The molecular formula is C15H25BN2O2. The maximum Gasteiger partial charge on any atom is 0.498 e. The van der Waals surface area contributed by atoms with Gasteiger partial charge in [-0.25, -0.2) is 0 Å². The first kappa shape index (κ1) is 14.1. The van der Waals surface area contributed by atoms with Crippen molar-refractivity contribution in [3.05, 3.63) is 12.4 Å². The SMILES string of the molecule is CC1(C)OB(c2cnn(CC3CCCC3)c2)OC1(C)C. The average molecular weight is 276 g/mol. The first-order chi connectivity index (χ1) is 9.37. The van der Waals surface area contributed by atoms with Crippen LogP contribution in [0.1, 0.15) is 53.4 Å². The van der Waals surface area contributed by atoms with Gasteiger partial charge >= 0.3 is 7.12 Å². The lowest BCUT2D eigenvalue weighted by Gasteiger charge is -2.32. The third-order valence-electron chi connectivity index (χ3n) is 5.10. The zero-order valence-corrected chi connectivity index (χ0v) is 13.1. The van der Waals surface area contributed by atoms with Crippen LogP contribution in [-0.4, -0.2) is 28.1 Å². The fourth-order valence-electron chi connectivity index (χ4n) is 3.04. The van der Waals surface area contributed by atoms with E-state index in [0.29, 0.717) is 0 Å². The Hall–Kier alpha value is -0.805. The van der Waals surface area contributed by atoms with E-state index in [1.807, 2.05) is 6.20 Å². The van der Waals surface area contributed by atoms with Gasteiger partial charge in [-0.1, -0.05) is 12.8 Å². The largest absolute Gasteiger partial charge is 0.498 e. The van der Waals surface area contributed by atoms with Crippen LogP contribution in [0, 0.1) is 5.92 Å². The first-order valence-corrected chi connectivity index (χ1v) is 7.75. The van der Waals surface area contributed by atoms with Gasteiger partial charge in [0.05, 0.1) is 11.2 Å². The smallest absolute Gasteiger partial charge is 0.399 e. The predicted molar refractivity (Wildman–Crippen MR) is 79.9 cm³/mol. The van der Waals surface area contributed by atoms with Crippen LogP contribution in [0.25, 0.3) is 0 Å². The van der Waals surface area contributed by atoms with Crippen LogP contribution >= 0.6 is 0 Å². The standard InChI is InChI=1S/C15H25BN2O2/c1-14(2)15(3,4)20-16(19-14)13-9-17-18(11-13)10-12-7-5-6-8-12/h9,11-12H,5-8,10H2,1-4H3. The lowest BCUT2D eigenvalue weighted by molar-refractivity contribution is 0.00578. The minimum Gasteiger partial charge on any atom is -0.399 e. The summed E-state index contributed by atoms with van der Waals surface area (Å²) in [7, 11) is -0.294. The Morgan fingerprint density at radius 1 is 1.20 bits per heavy atom. The van der Waals surface area contributed by atoms with Crippen molar-refractivity contribution in [2.45, 2.75) is 71.1 Å². The molecule has 2 heterocycles. The van der Waals surface area contributed by atoms with Crippen molar-refractivity contribution >= 4 is 12.6 Å². The van der Waals surface area contributed by atoms with Crippen molar-refractivity contribution in [3.8, 4) is 0 Å². The highest BCUT2D eigenvalue weighted by Crippen LogP contribution is 2.36. The molecule has 1 aromatic rings. The van der Waals surface area contributed by atoms with Crippen LogP contribution in [0.3, 0.4) is 0 Å². The Labute approximate surface area is 122 Å². The summed E-state index contributed by atoms with van der Waals surface area (Å²) in [4.78, 5) is 0. The third-order valence-corrected chi connectivity index (χ3v) is 5.10. The van der Waals surface area contributed by atoms with Crippen LogP contribution in [0.5, 0.6) is 0 Å². The van der Waals surface area contributed by atoms with E-state index >= 15 is 0 Å². The molecule has 20 heavy (non-hydrogen) atoms. The molecule has 4 nitrogen and oxygen atoms in total. The van der Waals surface area contributed by atoms with Gasteiger partial charge in [0.2, 0.25) is 0 Å². The number of hydrogen-bond donors (Lipinski definition) is 0. The van der Waals surface area contributed by atoms with Gasteiger partial charge in [0.1, 0.15) is 0 Å². The zero-order valence-electron chi connectivity index (χ0n) is 13.1. The molecule has 1 aliphatic carbocycles. The molecule has 0 atom stereocenters. The molecule has 0 spiro atoms. The highest BCUT2D eigenvalue weighted by atomic mass is 16.7. The van der Waals surface area contributed by atoms with Gasteiger partial charge in [-0.2, -0.15) is 5.10 Å². The molecule has 0 radical (unpaired) electrons. The monoisotopic (exact) mass is 276 g/mol. The molecule has 110 valence electrons. The van der Waals surface area contributed by atoms with E-state index in [0.717, 1.165) is 17.9 Å². The van der Waals surface area contributed by atoms with Crippen LogP contribution < -0.4 is 5.46 Å². The van der Waals surface area contributed by atoms with Gasteiger partial charge in [-0.05, 0) is 46.5 Å². The molecule has 1 aliphatic heterocycles. The lowest BCUT2D eigenvalue weighted by Crippen LogP contribution is -2.41. The van der Waals surface area contributed by atoms with Crippen molar-refractivity contribution in [3.63, 3.8) is 0 Å². The molecular weight excluding hydrogens is 251 g/mol. The molecule has 0 aromatic carbocycles. The number of aromatic nitrogens is 2. The van der Waals surface area contributed by atoms with E-state index in [-0.39, 0.29) is 18.3 Å². The Kier molecular flexibility index (Phi) is 3.45. The normalized spacial score (nSPS) is 25.5. The van der Waals surface area contributed by atoms with Crippen LogP contribution in [0.4, 0.5) is 0 Å². The molecule has 0 N–H and O–H groups in total. The molecule has 0 bridgehead atoms. The summed E-state index contributed by atoms with van der Waals surface area (Å²) in [6.07, 6.45) is 9.39. The Balaban J connectivity index is 1.68. The van der Waals surface area contributed by atoms with Crippen molar-refractivity contribution < 1.29 is 9.31 Å². The van der Waals surface area contributed by atoms with Gasteiger partial charge in [0, 0.05) is 24.4 Å². The van der Waals surface area contributed by atoms with E-state index in [4.69, 9.17) is 9.31 Å². The molecule has 5 heteroatoms. The van der Waals surface area contributed by atoms with Gasteiger partial charge < -0.3 is 9.31 Å². The predicted octanol–water partition coefficient (Wildman–Crippen LogP) is 2.37. The lowest BCUT2D eigenvalue weighted by atomic mass is 9.82. The molecule has 3 rings (SSSR count). The third kappa shape index (κ3) is 2.53. The zero-order chi connectivity index (χ0) is 14.4. The molecule has 1 saturated carbocycles. The molecule has 0 amide bonds.